The van der Waals surface area contributed by atoms with Gasteiger partial charge < -0.3 is 0 Å². The molecule has 1 nitrogen and oxygen atoms in total. The summed E-state index contributed by atoms with van der Waals surface area (Å²) in [4.78, 5) is 0. The minimum absolute atomic E-state index is 0.599. The van der Waals surface area contributed by atoms with Gasteiger partial charge >= 0.3 is 0 Å². The Kier molecular flexibility index (Phi) is 2.50. The predicted octanol–water partition coefficient (Wildman–Crippen LogP) is 3.22. The summed E-state index contributed by atoms with van der Waals surface area (Å²) in [5.41, 5.74) is 3.72. The van der Waals surface area contributed by atoms with Gasteiger partial charge in [0.25, 0.3) is 0 Å². The molecule has 0 atom stereocenters. The van der Waals surface area contributed by atoms with Crippen molar-refractivity contribution in [3.63, 3.8) is 0 Å². The quantitative estimate of drug-likeness (QED) is 0.344. The van der Waals surface area contributed by atoms with Gasteiger partial charge in [0.05, 0.1) is 0 Å². The normalized spacial score (nSPS) is 10.7. The minimum atomic E-state index is 0.599. The van der Waals surface area contributed by atoms with Crippen molar-refractivity contribution < 1.29 is 4.57 Å². The Morgan fingerprint density at radius 1 is 0.944 bits per heavy atom. The monoisotopic (exact) mass is 232 g/mol. The summed E-state index contributed by atoms with van der Waals surface area (Å²) in [6, 6.07) is 16.8. The molecular formula is C17H14N+. The first-order chi connectivity index (χ1) is 8.83. The van der Waals surface area contributed by atoms with E-state index in [9.17, 15) is 0 Å². The van der Waals surface area contributed by atoms with Gasteiger partial charge in [0.1, 0.15) is 0 Å². The number of rotatable bonds is 1. The Labute approximate surface area is 107 Å². The maximum absolute atomic E-state index is 5.51. The van der Waals surface area contributed by atoms with Crippen LogP contribution in [-0.4, -0.2) is 0 Å². The average Bonchev–Trinajstić information content (AvgIpc) is 2.43. The first-order valence-corrected chi connectivity index (χ1v) is 6.06. The SMILES string of the molecule is C#CC[n+]1c2ccccc2c(C)c2ccccc21. The van der Waals surface area contributed by atoms with Crippen molar-refractivity contribution >= 4 is 21.8 Å². The summed E-state index contributed by atoms with van der Waals surface area (Å²) in [7, 11) is 0. The lowest BCUT2D eigenvalue weighted by molar-refractivity contribution is -0.632. The molecule has 0 saturated carbocycles. The van der Waals surface area contributed by atoms with Gasteiger partial charge in [-0.25, -0.2) is 0 Å². The second kappa shape index (κ2) is 4.16. The molecule has 0 aliphatic carbocycles. The third-order valence-electron chi connectivity index (χ3n) is 3.45. The van der Waals surface area contributed by atoms with E-state index in [1.54, 1.807) is 0 Å². The van der Waals surface area contributed by atoms with Crippen molar-refractivity contribution in [2.45, 2.75) is 13.5 Å². The van der Waals surface area contributed by atoms with Gasteiger partial charge in [0.2, 0.25) is 17.6 Å². The average molecular weight is 232 g/mol. The fraction of sp³-hybridized carbons (Fsp3) is 0.118. The van der Waals surface area contributed by atoms with Crippen LogP contribution in [0.1, 0.15) is 5.56 Å². The van der Waals surface area contributed by atoms with E-state index < -0.39 is 0 Å². The van der Waals surface area contributed by atoms with Crippen molar-refractivity contribution in [3.8, 4) is 12.3 Å². The summed E-state index contributed by atoms with van der Waals surface area (Å²) in [6.07, 6.45) is 5.51. The van der Waals surface area contributed by atoms with Crippen LogP contribution < -0.4 is 4.57 Å². The lowest BCUT2D eigenvalue weighted by atomic mass is 10.0. The molecule has 0 saturated heterocycles. The third-order valence-corrected chi connectivity index (χ3v) is 3.45. The highest BCUT2D eigenvalue weighted by molar-refractivity contribution is 5.93. The van der Waals surface area contributed by atoms with Crippen molar-refractivity contribution in [2.24, 2.45) is 0 Å². The van der Waals surface area contributed by atoms with Crippen LogP contribution in [0.2, 0.25) is 0 Å². The summed E-state index contributed by atoms with van der Waals surface area (Å²) >= 11 is 0. The van der Waals surface area contributed by atoms with Crippen LogP contribution >= 0.6 is 0 Å². The van der Waals surface area contributed by atoms with Crippen molar-refractivity contribution in [2.75, 3.05) is 0 Å². The molecule has 0 spiro atoms. The zero-order valence-corrected chi connectivity index (χ0v) is 10.4. The van der Waals surface area contributed by atoms with Gasteiger partial charge in [0, 0.05) is 22.9 Å². The van der Waals surface area contributed by atoms with Gasteiger partial charge in [-0.05, 0) is 30.5 Å². The summed E-state index contributed by atoms with van der Waals surface area (Å²) in [5.74, 6) is 2.75. The van der Waals surface area contributed by atoms with Crippen molar-refractivity contribution in [3.05, 3.63) is 54.1 Å². The molecule has 0 aliphatic rings. The highest BCUT2D eigenvalue weighted by Gasteiger charge is 2.16. The van der Waals surface area contributed by atoms with E-state index in [0.29, 0.717) is 6.54 Å². The van der Waals surface area contributed by atoms with E-state index in [0.717, 1.165) is 0 Å². The Bertz CT molecular complexity index is 722. The number of nitrogens with zero attached hydrogens (tertiary/aromatic N) is 1. The van der Waals surface area contributed by atoms with Gasteiger partial charge in [0.15, 0.2) is 0 Å². The molecule has 0 fully saturated rings. The smallest absolute Gasteiger partial charge is 0.180 e. The molecule has 2 aromatic carbocycles. The minimum Gasteiger partial charge on any atom is -0.180 e. The molecule has 1 heteroatoms. The van der Waals surface area contributed by atoms with Gasteiger partial charge in [-0.2, -0.15) is 4.57 Å². The lowest BCUT2D eigenvalue weighted by Crippen LogP contribution is -2.35. The van der Waals surface area contributed by atoms with Crippen LogP contribution in [-0.2, 0) is 6.54 Å². The van der Waals surface area contributed by atoms with Crippen LogP contribution in [0.5, 0.6) is 0 Å². The number of pyridine rings is 1. The van der Waals surface area contributed by atoms with Crippen LogP contribution in [0.4, 0.5) is 0 Å². The van der Waals surface area contributed by atoms with Gasteiger partial charge in [-0.3, -0.25) is 0 Å². The lowest BCUT2D eigenvalue weighted by Gasteiger charge is -2.07. The van der Waals surface area contributed by atoms with Crippen LogP contribution in [0.15, 0.2) is 48.5 Å². The van der Waals surface area contributed by atoms with E-state index in [4.69, 9.17) is 6.42 Å². The number of benzene rings is 2. The second-order valence-corrected chi connectivity index (χ2v) is 4.45. The van der Waals surface area contributed by atoms with Crippen LogP contribution in [0.3, 0.4) is 0 Å². The Balaban J connectivity index is 2.59. The molecule has 0 N–H and O–H groups in total. The third kappa shape index (κ3) is 1.47. The van der Waals surface area contributed by atoms with Crippen LogP contribution in [0, 0.1) is 19.3 Å². The number of hydrogen-bond acceptors (Lipinski definition) is 0. The van der Waals surface area contributed by atoms with Crippen molar-refractivity contribution in [1.82, 2.24) is 0 Å². The fourth-order valence-corrected chi connectivity index (χ4v) is 2.59. The van der Waals surface area contributed by atoms with E-state index in [-0.39, 0.29) is 0 Å². The summed E-state index contributed by atoms with van der Waals surface area (Å²) in [5, 5.41) is 2.54. The first-order valence-electron chi connectivity index (χ1n) is 6.06. The number of aromatic nitrogens is 1. The molecule has 3 rings (SSSR count). The molecule has 0 unspecified atom stereocenters. The first kappa shape index (κ1) is 10.8. The molecule has 0 aliphatic heterocycles. The molecule has 3 aromatic rings. The zero-order chi connectivity index (χ0) is 12.5. The number of fused-ring (bicyclic) bond motifs is 2. The standard InChI is InChI=1S/C17H14N/c1-3-12-18-16-10-6-4-8-14(16)13(2)15-9-5-7-11-17(15)18/h1,4-11H,12H2,2H3/q+1. The Hall–Kier alpha value is -2.33. The zero-order valence-electron chi connectivity index (χ0n) is 10.4. The molecule has 18 heavy (non-hydrogen) atoms. The molecule has 0 amide bonds. The van der Waals surface area contributed by atoms with Gasteiger partial charge in [-0.1, -0.05) is 24.3 Å². The van der Waals surface area contributed by atoms with E-state index >= 15 is 0 Å². The van der Waals surface area contributed by atoms with E-state index in [1.807, 2.05) is 0 Å². The number of terminal acetylenes is 1. The molecule has 1 heterocycles. The highest BCUT2D eigenvalue weighted by Crippen LogP contribution is 2.23. The van der Waals surface area contributed by atoms with E-state index in [2.05, 4.69) is 65.9 Å². The number of para-hydroxylation sites is 2. The topological polar surface area (TPSA) is 3.88 Å². The Morgan fingerprint density at radius 2 is 1.44 bits per heavy atom. The highest BCUT2D eigenvalue weighted by atomic mass is 15.0. The summed E-state index contributed by atoms with van der Waals surface area (Å²) in [6.45, 7) is 2.77. The molecule has 0 radical (unpaired) electrons. The summed E-state index contributed by atoms with van der Waals surface area (Å²) < 4.78 is 2.21. The molecular weight excluding hydrogens is 218 g/mol. The molecule has 1 aromatic heterocycles. The second-order valence-electron chi connectivity index (χ2n) is 4.45. The van der Waals surface area contributed by atoms with Gasteiger partial charge in [-0.15, -0.1) is 6.42 Å². The maximum atomic E-state index is 5.51. The number of aryl methyl sites for hydroxylation is 1. The largest absolute Gasteiger partial charge is 0.214 e. The molecule has 0 bridgehead atoms. The molecule has 86 valence electrons. The van der Waals surface area contributed by atoms with Crippen molar-refractivity contribution in [1.29, 1.82) is 0 Å². The van der Waals surface area contributed by atoms with Crippen LogP contribution in [0.25, 0.3) is 21.8 Å². The fourth-order valence-electron chi connectivity index (χ4n) is 2.59. The Morgan fingerprint density at radius 3 is 1.94 bits per heavy atom. The number of hydrogen-bond donors (Lipinski definition) is 0. The predicted molar refractivity (Wildman–Crippen MR) is 75.2 cm³/mol. The maximum Gasteiger partial charge on any atom is 0.214 e. The van der Waals surface area contributed by atoms with E-state index in [1.165, 1.54) is 27.4 Å².